The summed E-state index contributed by atoms with van der Waals surface area (Å²) in [6.45, 7) is 2.13. The number of nitrogens with one attached hydrogen (secondary N) is 2. The second-order valence-electron chi connectivity index (χ2n) is 8.51. The number of hydrogen-bond acceptors (Lipinski definition) is 4. The number of sulfonamides is 1. The van der Waals surface area contributed by atoms with Crippen LogP contribution in [0.15, 0.2) is 76.7 Å². The van der Waals surface area contributed by atoms with Crippen LogP contribution < -0.4 is 10.1 Å². The molecule has 35 heavy (non-hydrogen) atoms. The highest BCUT2D eigenvalue weighted by atomic mass is 35.5. The highest BCUT2D eigenvalue weighted by Gasteiger charge is 2.32. The van der Waals surface area contributed by atoms with Crippen LogP contribution >= 0.6 is 34.8 Å². The lowest BCUT2D eigenvalue weighted by molar-refractivity contribution is 0.576. The minimum atomic E-state index is -3.86. The van der Waals surface area contributed by atoms with Crippen molar-refractivity contribution in [1.29, 1.82) is 0 Å². The standard InChI is InChI=1S/C26H26Cl3N3O2S/c1-2-3-4-17-5-12-21(13-6-17)35(33,34)32-26(22-14-11-20(28)15-23(22)29)25-16-24(30-31-25)18-7-9-19(27)10-8-18/h5-15,24,26,30,32H,2-4,16H2,1H3. The van der Waals surface area contributed by atoms with Crippen molar-refractivity contribution in [3.63, 3.8) is 0 Å². The molecule has 0 amide bonds. The van der Waals surface area contributed by atoms with Crippen molar-refractivity contribution >= 4 is 50.5 Å². The Hall–Kier alpha value is -2.09. The number of hydrazone groups is 1. The van der Waals surface area contributed by atoms with E-state index in [9.17, 15) is 8.42 Å². The first-order chi connectivity index (χ1) is 16.8. The lowest BCUT2D eigenvalue weighted by Crippen LogP contribution is -2.33. The Morgan fingerprint density at radius 2 is 1.69 bits per heavy atom. The molecule has 2 N–H and O–H groups in total. The Morgan fingerprint density at radius 1 is 1.00 bits per heavy atom. The summed E-state index contributed by atoms with van der Waals surface area (Å²) in [5, 5.41) is 5.97. The van der Waals surface area contributed by atoms with Crippen LogP contribution in [0.1, 0.15) is 55.0 Å². The topological polar surface area (TPSA) is 70.6 Å². The molecule has 0 saturated carbocycles. The average Bonchev–Trinajstić information content (AvgIpc) is 3.32. The maximum Gasteiger partial charge on any atom is 0.241 e. The Morgan fingerprint density at radius 3 is 2.34 bits per heavy atom. The number of rotatable bonds is 9. The molecule has 5 nitrogen and oxygen atoms in total. The lowest BCUT2D eigenvalue weighted by atomic mass is 9.96. The molecule has 9 heteroatoms. The van der Waals surface area contributed by atoms with Crippen molar-refractivity contribution in [1.82, 2.24) is 10.1 Å². The first-order valence-electron chi connectivity index (χ1n) is 11.4. The molecule has 0 spiro atoms. The first-order valence-corrected chi connectivity index (χ1v) is 14.0. The molecule has 1 aliphatic rings. The monoisotopic (exact) mass is 549 g/mol. The highest BCUT2D eigenvalue weighted by Crippen LogP contribution is 2.33. The molecule has 0 bridgehead atoms. The highest BCUT2D eigenvalue weighted by molar-refractivity contribution is 7.89. The average molecular weight is 551 g/mol. The van der Waals surface area contributed by atoms with Gasteiger partial charge in [-0.2, -0.15) is 9.82 Å². The van der Waals surface area contributed by atoms with Gasteiger partial charge in [-0.1, -0.05) is 78.5 Å². The maximum absolute atomic E-state index is 13.4. The van der Waals surface area contributed by atoms with Gasteiger partial charge in [0.2, 0.25) is 10.0 Å². The third kappa shape index (κ3) is 6.38. The van der Waals surface area contributed by atoms with E-state index in [1.807, 2.05) is 36.4 Å². The smallest absolute Gasteiger partial charge is 0.241 e. The zero-order valence-corrected chi connectivity index (χ0v) is 22.2. The first kappa shape index (κ1) is 26.0. The van der Waals surface area contributed by atoms with E-state index in [-0.39, 0.29) is 10.9 Å². The van der Waals surface area contributed by atoms with Crippen molar-refractivity contribution in [2.24, 2.45) is 5.10 Å². The molecule has 184 valence electrons. The van der Waals surface area contributed by atoms with Gasteiger partial charge in [0.1, 0.15) is 0 Å². The van der Waals surface area contributed by atoms with Gasteiger partial charge in [0.05, 0.1) is 22.7 Å². The largest absolute Gasteiger partial charge is 0.302 e. The third-order valence-electron chi connectivity index (χ3n) is 5.98. The van der Waals surface area contributed by atoms with Crippen LogP contribution in [0, 0.1) is 0 Å². The van der Waals surface area contributed by atoms with Gasteiger partial charge in [0, 0.05) is 21.5 Å². The second kappa shape index (κ2) is 11.3. The predicted molar refractivity (Wildman–Crippen MR) is 144 cm³/mol. The molecule has 2 unspecified atom stereocenters. The van der Waals surface area contributed by atoms with Crippen LogP contribution in [0.5, 0.6) is 0 Å². The molecule has 3 aromatic rings. The lowest BCUT2D eigenvalue weighted by Gasteiger charge is -2.21. The summed E-state index contributed by atoms with van der Waals surface area (Å²) in [4.78, 5) is 0.189. The third-order valence-corrected chi connectivity index (χ3v) is 8.24. The van der Waals surface area contributed by atoms with Crippen molar-refractivity contribution in [2.75, 3.05) is 0 Å². The number of aryl methyl sites for hydroxylation is 1. The van der Waals surface area contributed by atoms with Gasteiger partial charge < -0.3 is 5.43 Å². The van der Waals surface area contributed by atoms with Crippen LogP contribution in [-0.4, -0.2) is 14.1 Å². The molecular formula is C26H26Cl3N3O2S. The molecular weight excluding hydrogens is 525 g/mol. The Kier molecular flexibility index (Phi) is 8.40. The zero-order valence-electron chi connectivity index (χ0n) is 19.1. The molecule has 3 aromatic carbocycles. The van der Waals surface area contributed by atoms with Gasteiger partial charge in [0.25, 0.3) is 0 Å². The summed E-state index contributed by atoms with van der Waals surface area (Å²) >= 11 is 18.6. The zero-order chi connectivity index (χ0) is 25.0. The maximum atomic E-state index is 13.4. The van der Waals surface area contributed by atoms with E-state index in [2.05, 4.69) is 22.2 Å². The van der Waals surface area contributed by atoms with Crippen molar-refractivity contribution in [2.45, 2.75) is 49.6 Å². The van der Waals surface area contributed by atoms with E-state index < -0.39 is 16.1 Å². The molecule has 2 atom stereocenters. The van der Waals surface area contributed by atoms with Crippen LogP contribution in [0.25, 0.3) is 0 Å². The van der Waals surface area contributed by atoms with Crippen LogP contribution in [-0.2, 0) is 16.4 Å². The summed E-state index contributed by atoms with van der Waals surface area (Å²) in [7, 11) is -3.86. The molecule has 1 aliphatic heterocycles. The van der Waals surface area contributed by atoms with Crippen molar-refractivity contribution in [3.8, 4) is 0 Å². The molecule has 1 heterocycles. The normalized spacial score (nSPS) is 16.6. The summed E-state index contributed by atoms with van der Waals surface area (Å²) in [5.41, 5.74) is 6.43. The Bertz CT molecular complexity index is 1310. The van der Waals surface area contributed by atoms with Crippen LogP contribution in [0.2, 0.25) is 15.1 Å². The minimum Gasteiger partial charge on any atom is -0.302 e. The molecule has 0 radical (unpaired) electrons. The summed E-state index contributed by atoms with van der Waals surface area (Å²) in [6.07, 6.45) is 3.55. The number of benzene rings is 3. The van der Waals surface area contributed by atoms with Crippen molar-refractivity contribution in [3.05, 3.63) is 98.5 Å². The molecule has 0 aliphatic carbocycles. The second-order valence-corrected chi connectivity index (χ2v) is 11.5. The van der Waals surface area contributed by atoms with Crippen LogP contribution in [0.3, 0.4) is 0 Å². The quantitative estimate of drug-likeness (QED) is 0.298. The minimum absolute atomic E-state index is 0.113. The Labute approximate surface area is 221 Å². The Balaban J connectivity index is 1.62. The fraction of sp³-hybridized carbons (Fsp3) is 0.269. The fourth-order valence-electron chi connectivity index (χ4n) is 4.02. The molecule has 0 fully saturated rings. The molecule has 4 rings (SSSR count). The van der Waals surface area contributed by atoms with E-state index in [4.69, 9.17) is 34.8 Å². The fourth-order valence-corrected chi connectivity index (χ4v) is 5.86. The van der Waals surface area contributed by atoms with Gasteiger partial charge in [-0.05, 0) is 65.9 Å². The summed E-state index contributed by atoms with van der Waals surface area (Å²) < 4.78 is 29.6. The van der Waals surface area contributed by atoms with Gasteiger partial charge in [-0.3, -0.25) is 0 Å². The van der Waals surface area contributed by atoms with E-state index in [1.165, 1.54) is 0 Å². The van der Waals surface area contributed by atoms with E-state index >= 15 is 0 Å². The van der Waals surface area contributed by atoms with E-state index in [0.717, 1.165) is 30.4 Å². The van der Waals surface area contributed by atoms with Gasteiger partial charge in [-0.15, -0.1) is 0 Å². The number of halogens is 3. The number of hydrogen-bond donors (Lipinski definition) is 2. The molecule has 0 saturated heterocycles. The SMILES string of the molecule is CCCCc1ccc(S(=O)(=O)NC(C2=NNC(c3ccc(Cl)cc3)C2)c2ccc(Cl)cc2Cl)cc1. The van der Waals surface area contributed by atoms with Gasteiger partial charge in [-0.25, -0.2) is 8.42 Å². The van der Waals surface area contributed by atoms with Crippen molar-refractivity contribution < 1.29 is 8.42 Å². The van der Waals surface area contributed by atoms with Gasteiger partial charge in [0.15, 0.2) is 0 Å². The van der Waals surface area contributed by atoms with E-state index in [0.29, 0.717) is 32.8 Å². The van der Waals surface area contributed by atoms with Gasteiger partial charge >= 0.3 is 0 Å². The summed E-state index contributed by atoms with van der Waals surface area (Å²) in [5.74, 6) is 0. The summed E-state index contributed by atoms with van der Waals surface area (Å²) in [6, 6.07) is 18.6. The predicted octanol–water partition coefficient (Wildman–Crippen LogP) is 7.10. The number of unbranched alkanes of at least 4 members (excludes halogenated alkanes) is 1. The number of nitrogens with zero attached hydrogens (tertiary/aromatic N) is 1. The van der Waals surface area contributed by atoms with Crippen LogP contribution in [0.4, 0.5) is 0 Å². The molecule has 0 aromatic heterocycles. The van der Waals surface area contributed by atoms with E-state index in [1.54, 1.807) is 30.3 Å².